The largest absolute Gasteiger partial charge is 0.497 e. The number of piperidine rings is 1. The van der Waals surface area contributed by atoms with Gasteiger partial charge in [-0.15, -0.1) is 10.2 Å². The Morgan fingerprint density at radius 1 is 1.12 bits per heavy atom. The number of methoxy groups -OCH3 is 1. The molecule has 1 fully saturated rings. The Labute approximate surface area is 200 Å². The first-order valence-electron chi connectivity index (χ1n) is 11.2. The highest BCUT2D eigenvalue weighted by atomic mass is 32.2. The van der Waals surface area contributed by atoms with Gasteiger partial charge in [-0.3, -0.25) is 13.9 Å². The van der Waals surface area contributed by atoms with Gasteiger partial charge < -0.3 is 14.6 Å². The van der Waals surface area contributed by atoms with Crippen molar-refractivity contribution in [3.63, 3.8) is 0 Å². The number of carbonyl (C=O) groups is 1. The van der Waals surface area contributed by atoms with E-state index in [2.05, 4.69) is 15.2 Å². The SMILES string of the molecule is COc1ccc(-n2c(C)nnc2SCC(=O)N2CCC(n3c(=O)[nH]c4ccccc43)CC2)cc1. The average Bonchev–Trinajstić information content (AvgIpc) is 3.41. The highest BCUT2D eigenvalue weighted by molar-refractivity contribution is 7.99. The van der Waals surface area contributed by atoms with E-state index in [0.717, 1.165) is 41.1 Å². The minimum Gasteiger partial charge on any atom is -0.497 e. The number of rotatable bonds is 6. The molecule has 1 saturated heterocycles. The highest BCUT2D eigenvalue weighted by Crippen LogP contribution is 2.27. The average molecular weight is 479 g/mol. The summed E-state index contributed by atoms with van der Waals surface area (Å²) in [6.07, 6.45) is 1.50. The molecule has 1 N–H and O–H groups in total. The molecule has 1 aliphatic heterocycles. The number of H-pyrrole nitrogens is 1. The summed E-state index contributed by atoms with van der Waals surface area (Å²) < 4.78 is 9.01. The first-order valence-corrected chi connectivity index (χ1v) is 12.2. The number of imidazole rings is 1. The van der Waals surface area contributed by atoms with Gasteiger partial charge >= 0.3 is 5.69 Å². The van der Waals surface area contributed by atoms with Crippen molar-refractivity contribution in [3.05, 3.63) is 64.8 Å². The molecular formula is C24H26N6O3S. The van der Waals surface area contributed by atoms with E-state index < -0.39 is 0 Å². The zero-order valence-corrected chi connectivity index (χ0v) is 19.9. The van der Waals surface area contributed by atoms with Crippen LogP contribution in [0.1, 0.15) is 24.7 Å². The molecule has 0 atom stereocenters. The molecule has 0 saturated carbocycles. The molecule has 2 aromatic carbocycles. The van der Waals surface area contributed by atoms with Gasteiger partial charge in [0.15, 0.2) is 5.16 Å². The van der Waals surface area contributed by atoms with Crippen LogP contribution >= 0.6 is 11.8 Å². The molecular weight excluding hydrogens is 452 g/mol. The predicted molar refractivity (Wildman–Crippen MR) is 131 cm³/mol. The second kappa shape index (κ2) is 9.38. The zero-order chi connectivity index (χ0) is 23.7. The van der Waals surface area contributed by atoms with Gasteiger partial charge in [0, 0.05) is 24.8 Å². The summed E-state index contributed by atoms with van der Waals surface area (Å²) in [5.74, 6) is 1.88. The number of nitrogens with one attached hydrogen (secondary N) is 1. The lowest BCUT2D eigenvalue weighted by atomic mass is 10.0. The van der Waals surface area contributed by atoms with Crippen molar-refractivity contribution in [3.8, 4) is 11.4 Å². The van der Waals surface area contributed by atoms with E-state index in [1.807, 2.05) is 69.5 Å². The van der Waals surface area contributed by atoms with Gasteiger partial charge in [0.25, 0.3) is 0 Å². The number of carbonyl (C=O) groups excluding carboxylic acids is 1. The zero-order valence-electron chi connectivity index (χ0n) is 19.1. The number of hydrogen-bond donors (Lipinski definition) is 1. The predicted octanol–water partition coefficient (Wildman–Crippen LogP) is 3.18. The Hall–Kier alpha value is -3.53. The van der Waals surface area contributed by atoms with Crippen LogP contribution in [-0.4, -0.2) is 61.1 Å². The van der Waals surface area contributed by atoms with Crippen LogP contribution in [0.4, 0.5) is 0 Å². The second-order valence-corrected chi connectivity index (χ2v) is 9.22. The Bertz CT molecular complexity index is 1370. The van der Waals surface area contributed by atoms with Crippen LogP contribution in [0, 0.1) is 6.92 Å². The van der Waals surface area contributed by atoms with Crippen molar-refractivity contribution in [1.29, 1.82) is 0 Å². The first-order chi connectivity index (χ1) is 16.5. The lowest BCUT2D eigenvalue weighted by Crippen LogP contribution is -2.41. The number of aromatic amines is 1. The molecule has 5 rings (SSSR count). The van der Waals surface area contributed by atoms with E-state index in [0.29, 0.717) is 18.2 Å². The minimum atomic E-state index is -0.0882. The summed E-state index contributed by atoms with van der Waals surface area (Å²) >= 11 is 1.38. The Morgan fingerprint density at radius 3 is 2.59 bits per heavy atom. The molecule has 9 nitrogen and oxygen atoms in total. The Balaban J connectivity index is 1.22. The molecule has 1 amide bonds. The number of benzene rings is 2. The molecule has 2 aromatic heterocycles. The van der Waals surface area contributed by atoms with E-state index >= 15 is 0 Å². The van der Waals surface area contributed by atoms with E-state index in [9.17, 15) is 9.59 Å². The standard InChI is InChI=1S/C24H26N6O3S/c1-16-26-27-24(29(16)17-7-9-19(33-2)10-8-17)34-15-22(31)28-13-11-18(12-14-28)30-21-6-4-3-5-20(21)25-23(30)32/h3-10,18H,11-15H2,1-2H3,(H,25,32). The third kappa shape index (κ3) is 4.21. The molecule has 0 bridgehead atoms. The number of hydrogen-bond acceptors (Lipinski definition) is 6. The number of ether oxygens (including phenoxy) is 1. The molecule has 3 heterocycles. The lowest BCUT2D eigenvalue weighted by Gasteiger charge is -2.32. The van der Waals surface area contributed by atoms with Crippen molar-refractivity contribution < 1.29 is 9.53 Å². The number of likely N-dealkylation sites (tertiary alicyclic amines) is 1. The molecule has 10 heteroatoms. The lowest BCUT2D eigenvalue weighted by molar-refractivity contribution is -0.129. The second-order valence-electron chi connectivity index (χ2n) is 8.28. The van der Waals surface area contributed by atoms with Crippen molar-refractivity contribution in [2.45, 2.75) is 31.0 Å². The van der Waals surface area contributed by atoms with Crippen LogP contribution in [0.5, 0.6) is 5.75 Å². The van der Waals surface area contributed by atoms with Gasteiger partial charge in [0.2, 0.25) is 5.91 Å². The summed E-state index contributed by atoms with van der Waals surface area (Å²) in [4.78, 5) is 30.2. The monoisotopic (exact) mass is 478 g/mol. The van der Waals surface area contributed by atoms with Crippen molar-refractivity contribution in [1.82, 2.24) is 29.2 Å². The fraction of sp³-hybridized carbons (Fsp3) is 0.333. The number of thioether (sulfide) groups is 1. The maximum absolute atomic E-state index is 12.9. The molecule has 0 spiro atoms. The van der Waals surface area contributed by atoms with Gasteiger partial charge in [-0.05, 0) is 56.2 Å². The number of amides is 1. The van der Waals surface area contributed by atoms with Gasteiger partial charge in [-0.25, -0.2) is 4.79 Å². The molecule has 0 aliphatic carbocycles. The van der Waals surface area contributed by atoms with Crippen LogP contribution in [0.25, 0.3) is 16.7 Å². The quantitative estimate of drug-likeness (QED) is 0.428. The summed E-state index contributed by atoms with van der Waals surface area (Å²) in [5, 5.41) is 9.14. The molecule has 1 aliphatic rings. The number of fused-ring (bicyclic) bond motifs is 1. The summed E-state index contributed by atoms with van der Waals surface area (Å²) in [5.41, 5.74) is 2.60. The summed E-state index contributed by atoms with van der Waals surface area (Å²) in [6.45, 7) is 3.14. The van der Waals surface area contributed by atoms with Crippen LogP contribution in [-0.2, 0) is 4.79 Å². The maximum atomic E-state index is 12.9. The number of aromatic nitrogens is 5. The third-order valence-electron chi connectivity index (χ3n) is 6.26. The topological polar surface area (TPSA) is 98.0 Å². The minimum absolute atomic E-state index is 0.0663. The van der Waals surface area contributed by atoms with Crippen LogP contribution < -0.4 is 10.4 Å². The third-order valence-corrected chi connectivity index (χ3v) is 7.17. The highest BCUT2D eigenvalue weighted by Gasteiger charge is 2.26. The first kappa shape index (κ1) is 22.3. The van der Waals surface area contributed by atoms with Crippen LogP contribution in [0.3, 0.4) is 0 Å². The molecule has 0 radical (unpaired) electrons. The van der Waals surface area contributed by atoms with E-state index in [1.54, 1.807) is 7.11 Å². The van der Waals surface area contributed by atoms with Crippen LogP contribution in [0.15, 0.2) is 58.5 Å². The van der Waals surface area contributed by atoms with Gasteiger partial charge in [0.1, 0.15) is 11.6 Å². The van der Waals surface area contributed by atoms with Gasteiger partial charge in [-0.2, -0.15) is 0 Å². The van der Waals surface area contributed by atoms with E-state index in [4.69, 9.17) is 4.74 Å². The van der Waals surface area contributed by atoms with Crippen molar-refractivity contribution >= 4 is 28.7 Å². The normalized spacial score (nSPS) is 14.6. The number of para-hydroxylation sites is 2. The molecule has 176 valence electrons. The van der Waals surface area contributed by atoms with Crippen molar-refractivity contribution in [2.75, 3.05) is 26.0 Å². The Morgan fingerprint density at radius 2 is 1.85 bits per heavy atom. The maximum Gasteiger partial charge on any atom is 0.326 e. The van der Waals surface area contributed by atoms with Crippen LogP contribution in [0.2, 0.25) is 0 Å². The molecule has 4 aromatic rings. The van der Waals surface area contributed by atoms with Gasteiger partial charge in [0.05, 0.1) is 23.9 Å². The fourth-order valence-corrected chi connectivity index (χ4v) is 5.39. The van der Waals surface area contributed by atoms with E-state index in [-0.39, 0.29) is 23.4 Å². The van der Waals surface area contributed by atoms with Gasteiger partial charge in [-0.1, -0.05) is 23.9 Å². The number of nitrogens with zero attached hydrogens (tertiary/aromatic N) is 5. The molecule has 34 heavy (non-hydrogen) atoms. The smallest absolute Gasteiger partial charge is 0.326 e. The summed E-state index contributed by atoms with van der Waals surface area (Å²) in [6, 6.07) is 15.5. The number of aryl methyl sites for hydroxylation is 1. The fourth-order valence-electron chi connectivity index (χ4n) is 4.49. The van der Waals surface area contributed by atoms with E-state index in [1.165, 1.54) is 11.8 Å². The molecule has 0 unspecified atom stereocenters. The van der Waals surface area contributed by atoms with Crippen molar-refractivity contribution in [2.24, 2.45) is 0 Å². The summed E-state index contributed by atoms with van der Waals surface area (Å²) in [7, 11) is 1.63. The Kier molecular flexibility index (Phi) is 6.14.